The van der Waals surface area contributed by atoms with E-state index >= 15 is 0 Å². The molecule has 0 atom stereocenters. The monoisotopic (exact) mass is 378 g/mol. The average Bonchev–Trinajstić information content (AvgIpc) is 2.61. The standard InChI is InChI=1S/C18H36O4P2/c19-24(20,21)22-23(16-10-4-1-5-11-16,17-12-6-2-7-13-17)18-14-8-3-9-15-18/h16-18,23H,1-15H2,(H2,19,20,21). The third-order valence-corrected chi connectivity index (χ3v) is 14.8. The van der Waals surface area contributed by atoms with Crippen LogP contribution >= 0.6 is 15.3 Å². The molecule has 3 aliphatic carbocycles. The van der Waals surface area contributed by atoms with Gasteiger partial charge in [0.2, 0.25) is 0 Å². The van der Waals surface area contributed by atoms with Crippen LogP contribution < -0.4 is 0 Å². The molecule has 0 aliphatic heterocycles. The number of hydrogen-bond acceptors (Lipinski definition) is 2. The zero-order valence-corrected chi connectivity index (χ0v) is 16.9. The van der Waals surface area contributed by atoms with Crippen molar-refractivity contribution in [3.05, 3.63) is 0 Å². The second-order valence-corrected chi connectivity index (χ2v) is 14.3. The van der Waals surface area contributed by atoms with Crippen LogP contribution in [0.5, 0.6) is 0 Å². The molecule has 0 radical (unpaired) electrons. The third kappa shape index (κ3) is 4.44. The molecular weight excluding hydrogens is 342 g/mol. The van der Waals surface area contributed by atoms with E-state index < -0.39 is 15.3 Å². The molecule has 4 nitrogen and oxygen atoms in total. The van der Waals surface area contributed by atoms with Gasteiger partial charge in [0.1, 0.15) is 0 Å². The van der Waals surface area contributed by atoms with E-state index in [1.165, 1.54) is 57.8 Å². The fraction of sp³-hybridized carbons (Fsp3) is 1.00. The first-order valence-corrected chi connectivity index (χ1v) is 14.0. The molecule has 24 heavy (non-hydrogen) atoms. The molecule has 0 aromatic rings. The van der Waals surface area contributed by atoms with Gasteiger partial charge in [-0.25, -0.2) is 0 Å². The molecule has 0 bridgehead atoms. The van der Waals surface area contributed by atoms with Gasteiger partial charge in [0.05, 0.1) is 0 Å². The van der Waals surface area contributed by atoms with Gasteiger partial charge in [0, 0.05) is 0 Å². The Morgan fingerprint density at radius 2 is 0.917 bits per heavy atom. The SMILES string of the molecule is O=P(O)(O)O[PH](C1CCCCC1)(C1CCCCC1)C1CCCCC1. The fourth-order valence-corrected chi connectivity index (χ4v) is 15.5. The first kappa shape index (κ1) is 19.3. The van der Waals surface area contributed by atoms with Gasteiger partial charge < -0.3 is 0 Å². The normalized spacial score (nSPS) is 27.2. The Labute approximate surface area is 147 Å². The predicted octanol–water partition coefficient (Wildman–Crippen LogP) is 5.76. The maximum atomic E-state index is 12.1. The molecule has 3 saturated carbocycles. The van der Waals surface area contributed by atoms with E-state index in [9.17, 15) is 14.4 Å². The second kappa shape index (κ2) is 8.49. The molecule has 2 N–H and O–H groups in total. The Morgan fingerprint density at radius 3 is 1.17 bits per heavy atom. The van der Waals surface area contributed by atoms with E-state index in [0.717, 1.165) is 38.5 Å². The first-order chi connectivity index (χ1) is 11.5. The maximum absolute atomic E-state index is 12.1. The van der Waals surface area contributed by atoms with Gasteiger partial charge >= 0.3 is 147 Å². The zero-order valence-electron chi connectivity index (χ0n) is 15.0. The van der Waals surface area contributed by atoms with Crippen LogP contribution in [0.1, 0.15) is 96.3 Å². The van der Waals surface area contributed by atoms with Crippen LogP contribution in [0.4, 0.5) is 0 Å². The minimum absolute atomic E-state index is 0.477. The van der Waals surface area contributed by atoms with E-state index in [0.29, 0.717) is 17.0 Å². The van der Waals surface area contributed by atoms with Crippen molar-refractivity contribution in [1.29, 1.82) is 0 Å². The van der Waals surface area contributed by atoms with Gasteiger partial charge in [-0.2, -0.15) is 0 Å². The Morgan fingerprint density at radius 1 is 0.625 bits per heavy atom. The predicted molar refractivity (Wildman–Crippen MR) is 102 cm³/mol. The van der Waals surface area contributed by atoms with Crippen molar-refractivity contribution in [3.8, 4) is 0 Å². The Kier molecular flexibility index (Phi) is 6.83. The number of phosphoric acid groups is 1. The minimum atomic E-state index is -4.43. The van der Waals surface area contributed by atoms with E-state index in [1.807, 2.05) is 0 Å². The molecule has 0 aromatic carbocycles. The van der Waals surface area contributed by atoms with Crippen molar-refractivity contribution >= 4 is 15.3 Å². The van der Waals surface area contributed by atoms with Crippen molar-refractivity contribution in [3.63, 3.8) is 0 Å². The quantitative estimate of drug-likeness (QED) is 0.597. The van der Waals surface area contributed by atoms with Crippen molar-refractivity contribution in [2.75, 3.05) is 0 Å². The average molecular weight is 378 g/mol. The summed E-state index contributed by atoms with van der Waals surface area (Å²) < 4.78 is 18.1. The molecule has 3 fully saturated rings. The van der Waals surface area contributed by atoms with Gasteiger partial charge in [0.15, 0.2) is 0 Å². The molecule has 0 saturated heterocycles. The van der Waals surface area contributed by atoms with Crippen molar-refractivity contribution in [1.82, 2.24) is 0 Å². The summed E-state index contributed by atoms with van der Waals surface area (Å²) in [5, 5.41) is 0. The topological polar surface area (TPSA) is 66.8 Å². The Bertz CT molecular complexity index is 387. The summed E-state index contributed by atoms with van der Waals surface area (Å²) in [6, 6.07) is 0. The van der Waals surface area contributed by atoms with E-state index in [-0.39, 0.29) is 0 Å². The summed E-state index contributed by atoms with van der Waals surface area (Å²) in [4.78, 5) is 19.7. The van der Waals surface area contributed by atoms with E-state index in [1.54, 1.807) is 0 Å². The molecule has 0 unspecified atom stereocenters. The molecule has 6 heteroatoms. The van der Waals surface area contributed by atoms with Crippen molar-refractivity contribution < 1.29 is 18.7 Å². The summed E-state index contributed by atoms with van der Waals surface area (Å²) in [6.07, 6.45) is 18.1. The third-order valence-electron chi connectivity index (χ3n) is 7.01. The first-order valence-electron chi connectivity index (χ1n) is 10.3. The van der Waals surface area contributed by atoms with Gasteiger partial charge in [0.25, 0.3) is 0 Å². The van der Waals surface area contributed by atoms with Gasteiger partial charge in [-0.15, -0.1) is 0 Å². The van der Waals surface area contributed by atoms with Crippen molar-refractivity contribution in [2.45, 2.75) is 113 Å². The van der Waals surface area contributed by atoms with Gasteiger partial charge in [-0.05, 0) is 0 Å². The molecule has 3 rings (SSSR count). The second-order valence-electron chi connectivity index (χ2n) is 8.44. The Hall–Kier alpha value is 0.540. The zero-order chi connectivity index (χ0) is 17.0. The van der Waals surface area contributed by atoms with Crippen molar-refractivity contribution in [2.24, 2.45) is 0 Å². The fourth-order valence-electron chi connectivity index (χ4n) is 6.09. The van der Waals surface area contributed by atoms with Crippen LogP contribution in [0.3, 0.4) is 0 Å². The summed E-state index contributed by atoms with van der Waals surface area (Å²) in [5.74, 6) is 0. The van der Waals surface area contributed by atoms with Crippen LogP contribution in [0, 0.1) is 0 Å². The molecular formula is C18H36O4P2. The van der Waals surface area contributed by atoms with Crippen LogP contribution in [0.25, 0.3) is 0 Å². The number of rotatable bonds is 5. The summed E-state index contributed by atoms with van der Waals surface area (Å²) in [5.41, 5.74) is 1.43. The number of hydrogen-bond donors (Lipinski definition) is 2. The molecule has 0 heterocycles. The molecule has 0 spiro atoms. The Balaban J connectivity index is 1.97. The van der Waals surface area contributed by atoms with Crippen LogP contribution in [-0.2, 0) is 8.88 Å². The summed E-state index contributed by atoms with van der Waals surface area (Å²) in [6.45, 7) is 0. The van der Waals surface area contributed by atoms with E-state index in [4.69, 9.17) is 4.31 Å². The molecule has 142 valence electrons. The van der Waals surface area contributed by atoms with Crippen LogP contribution in [-0.4, -0.2) is 26.8 Å². The van der Waals surface area contributed by atoms with Gasteiger partial charge in [-0.1, -0.05) is 0 Å². The van der Waals surface area contributed by atoms with Gasteiger partial charge in [-0.3, -0.25) is 0 Å². The molecule has 3 aliphatic rings. The molecule has 0 amide bonds. The van der Waals surface area contributed by atoms with Crippen LogP contribution in [0.2, 0.25) is 0 Å². The molecule has 0 aromatic heterocycles. The summed E-state index contributed by atoms with van der Waals surface area (Å²) in [7, 11) is -6.92. The summed E-state index contributed by atoms with van der Waals surface area (Å²) >= 11 is 0. The van der Waals surface area contributed by atoms with Crippen LogP contribution in [0.15, 0.2) is 0 Å². The van der Waals surface area contributed by atoms with E-state index in [2.05, 4.69) is 0 Å².